The summed E-state index contributed by atoms with van der Waals surface area (Å²) in [4.78, 5) is 5.90. The molecule has 1 nitrogen and oxygen atoms in total. The molecule has 84 valence electrons. The quantitative estimate of drug-likeness (QED) is 0.553. The summed E-state index contributed by atoms with van der Waals surface area (Å²) in [7, 11) is 0. The molecule has 0 bridgehead atoms. The fourth-order valence-electron chi connectivity index (χ4n) is 1.72. The molecule has 0 amide bonds. The van der Waals surface area contributed by atoms with Crippen molar-refractivity contribution >= 4 is 54.1 Å². The number of pyridine rings is 1. The largest absolute Gasteiger partial charge is 0.246 e. The highest BCUT2D eigenvalue weighted by Crippen LogP contribution is 2.30. The molecule has 0 radical (unpaired) electrons. The standard InChI is InChI=1S/C13H7Br2NS/c14-9-6-8-3-4-11(12-2-1-5-17-12)16-13(8)10(15)7-9/h1-7H. The molecule has 3 rings (SSSR count). The van der Waals surface area contributed by atoms with Crippen molar-refractivity contribution < 1.29 is 0 Å². The summed E-state index contributed by atoms with van der Waals surface area (Å²) in [5, 5.41) is 3.20. The molecule has 2 heterocycles. The lowest BCUT2D eigenvalue weighted by Crippen LogP contribution is -1.84. The van der Waals surface area contributed by atoms with Crippen LogP contribution in [0.5, 0.6) is 0 Å². The first kappa shape index (κ1) is 11.4. The molecule has 2 aromatic heterocycles. The zero-order valence-corrected chi connectivity index (χ0v) is 12.6. The molecule has 0 spiro atoms. The molecule has 4 heteroatoms. The summed E-state index contributed by atoms with van der Waals surface area (Å²) in [5.41, 5.74) is 2.02. The summed E-state index contributed by atoms with van der Waals surface area (Å²) in [6, 6.07) is 12.4. The predicted octanol–water partition coefficient (Wildman–Crippen LogP) is 5.49. The number of halogens is 2. The first-order valence-electron chi connectivity index (χ1n) is 5.04. The first-order valence-corrected chi connectivity index (χ1v) is 7.50. The van der Waals surface area contributed by atoms with Crippen LogP contribution in [0.3, 0.4) is 0 Å². The Hall–Kier alpha value is -0.710. The lowest BCUT2D eigenvalue weighted by molar-refractivity contribution is 1.40. The van der Waals surface area contributed by atoms with Gasteiger partial charge in [0, 0.05) is 14.3 Å². The number of fused-ring (bicyclic) bond motifs is 1. The Bertz CT molecular complexity index is 677. The van der Waals surface area contributed by atoms with E-state index in [9.17, 15) is 0 Å². The molecule has 0 aliphatic heterocycles. The van der Waals surface area contributed by atoms with Crippen molar-refractivity contribution in [3.8, 4) is 10.6 Å². The number of nitrogens with zero attached hydrogens (tertiary/aromatic N) is 1. The minimum atomic E-state index is 0.999. The van der Waals surface area contributed by atoms with Crippen LogP contribution in [0.25, 0.3) is 21.5 Å². The van der Waals surface area contributed by atoms with Gasteiger partial charge in [0.15, 0.2) is 0 Å². The van der Waals surface area contributed by atoms with Gasteiger partial charge in [-0.1, -0.05) is 28.1 Å². The highest BCUT2D eigenvalue weighted by atomic mass is 79.9. The van der Waals surface area contributed by atoms with Crippen molar-refractivity contribution in [2.45, 2.75) is 0 Å². The Labute approximate surface area is 120 Å². The van der Waals surface area contributed by atoms with E-state index in [0.717, 1.165) is 25.5 Å². The van der Waals surface area contributed by atoms with Crippen molar-refractivity contribution in [1.82, 2.24) is 4.98 Å². The van der Waals surface area contributed by atoms with E-state index in [1.165, 1.54) is 4.88 Å². The van der Waals surface area contributed by atoms with Gasteiger partial charge in [0.25, 0.3) is 0 Å². The maximum absolute atomic E-state index is 4.70. The maximum Gasteiger partial charge on any atom is 0.0852 e. The highest BCUT2D eigenvalue weighted by molar-refractivity contribution is 9.11. The van der Waals surface area contributed by atoms with Crippen LogP contribution in [0.2, 0.25) is 0 Å². The van der Waals surface area contributed by atoms with Crippen LogP contribution in [-0.2, 0) is 0 Å². The van der Waals surface area contributed by atoms with Crippen molar-refractivity contribution in [2.24, 2.45) is 0 Å². The van der Waals surface area contributed by atoms with Gasteiger partial charge in [0.2, 0.25) is 0 Å². The number of rotatable bonds is 1. The molecule has 0 aliphatic carbocycles. The lowest BCUT2D eigenvalue weighted by Gasteiger charge is -2.04. The average Bonchev–Trinajstić information content (AvgIpc) is 2.82. The van der Waals surface area contributed by atoms with Crippen molar-refractivity contribution in [1.29, 1.82) is 0 Å². The van der Waals surface area contributed by atoms with E-state index >= 15 is 0 Å². The van der Waals surface area contributed by atoms with Gasteiger partial charge < -0.3 is 0 Å². The number of thiophene rings is 1. The minimum Gasteiger partial charge on any atom is -0.246 e. The Morgan fingerprint density at radius 1 is 1.06 bits per heavy atom. The number of benzene rings is 1. The molecule has 1 aromatic carbocycles. The smallest absolute Gasteiger partial charge is 0.0852 e. The van der Waals surface area contributed by atoms with E-state index in [0.29, 0.717) is 0 Å². The molecular weight excluding hydrogens is 362 g/mol. The molecule has 0 atom stereocenters. The Kier molecular flexibility index (Phi) is 3.03. The molecule has 0 aliphatic rings. The van der Waals surface area contributed by atoms with Crippen molar-refractivity contribution in [3.05, 3.63) is 50.7 Å². The van der Waals surface area contributed by atoms with Crippen molar-refractivity contribution in [2.75, 3.05) is 0 Å². The topological polar surface area (TPSA) is 12.9 Å². The van der Waals surface area contributed by atoms with E-state index in [4.69, 9.17) is 4.98 Å². The monoisotopic (exact) mass is 367 g/mol. The second kappa shape index (κ2) is 4.52. The summed E-state index contributed by atoms with van der Waals surface area (Å²) < 4.78 is 2.07. The third-order valence-electron chi connectivity index (χ3n) is 2.48. The SMILES string of the molecule is Brc1cc(Br)c2nc(-c3cccs3)ccc2c1. The third kappa shape index (κ3) is 2.17. The average molecular weight is 369 g/mol. The number of hydrogen-bond donors (Lipinski definition) is 0. The summed E-state index contributed by atoms with van der Waals surface area (Å²) in [6.45, 7) is 0. The second-order valence-corrected chi connectivity index (χ2v) is 6.35. The number of aromatic nitrogens is 1. The minimum absolute atomic E-state index is 0.999. The highest BCUT2D eigenvalue weighted by Gasteiger charge is 2.06. The van der Waals surface area contributed by atoms with Crippen LogP contribution in [0.1, 0.15) is 0 Å². The van der Waals surface area contributed by atoms with Crippen LogP contribution in [0.15, 0.2) is 50.7 Å². The van der Waals surface area contributed by atoms with E-state index in [1.807, 2.05) is 12.1 Å². The zero-order chi connectivity index (χ0) is 11.8. The third-order valence-corrected chi connectivity index (χ3v) is 4.44. The second-order valence-electron chi connectivity index (χ2n) is 3.63. The van der Waals surface area contributed by atoms with E-state index < -0.39 is 0 Å². The fraction of sp³-hybridized carbons (Fsp3) is 0. The van der Waals surface area contributed by atoms with Gasteiger partial charge in [-0.3, -0.25) is 0 Å². The van der Waals surface area contributed by atoms with Gasteiger partial charge >= 0.3 is 0 Å². The van der Waals surface area contributed by atoms with E-state index in [-0.39, 0.29) is 0 Å². The van der Waals surface area contributed by atoms with Crippen LogP contribution < -0.4 is 0 Å². The van der Waals surface area contributed by atoms with Crippen molar-refractivity contribution in [3.63, 3.8) is 0 Å². The van der Waals surface area contributed by atoms with Gasteiger partial charge in [-0.15, -0.1) is 11.3 Å². The zero-order valence-electron chi connectivity index (χ0n) is 8.65. The van der Waals surface area contributed by atoms with E-state index in [1.54, 1.807) is 11.3 Å². The Morgan fingerprint density at radius 3 is 2.71 bits per heavy atom. The van der Waals surface area contributed by atoms with Crippen LogP contribution in [0.4, 0.5) is 0 Å². The maximum atomic E-state index is 4.70. The molecule has 0 saturated heterocycles. The van der Waals surface area contributed by atoms with Gasteiger partial charge in [0.1, 0.15) is 0 Å². The Morgan fingerprint density at radius 2 is 1.94 bits per heavy atom. The van der Waals surface area contributed by atoms with E-state index in [2.05, 4.69) is 61.5 Å². The molecule has 3 aromatic rings. The molecule has 0 unspecified atom stereocenters. The van der Waals surface area contributed by atoms with Gasteiger partial charge in [0.05, 0.1) is 16.1 Å². The van der Waals surface area contributed by atoms with Gasteiger partial charge in [-0.2, -0.15) is 0 Å². The first-order chi connectivity index (χ1) is 8.24. The lowest BCUT2D eigenvalue weighted by atomic mass is 10.2. The summed E-state index contributed by atoms with van der Waals surface area (Å²) in [6.07, 6.45) is 0. The molecule has 0 N–H and O–H groups in total. The Balaban J connectivity index is 2.26. The fourth-order valence-corrected chi connectivity index (χ4v) is 3.76. The van der Waals surface area contributed by atoms with Gasteiger partial charge in [-0.05, 0) is 45.6 Å². The van der Waals surface area contributed by atoms with Crippen LogP contribution >= 0.6 is 43.2 Å². The van der Waals surface area contributed by atoms with Gasteiger partial charge in [-0.25, -0.2) is 4.98 Å². The normalized spacial score (nSPS) is 10.9. The van der Waals surface area contributed by atoms with Crippen LogP contribution in [0, 0.1) is 0 Å². The summed E-state index contributed by atoms with van der Waals surface area (Å²) in [5.74, 6) is 0. The summed E-state index contributed by atoms with van der Waals surface area (Å²) >= 11 is 8.75. The molecule has 0 fully saturated rings. The van der Waals surface area contributed by atoms with Crippen LogP contribution in [-0.4, -0.2) is 4.98 Å². The molecule has 0 saturated carbocycles. The number of hydrogen-bond acceptors (Lipinski definition) is 2. The molecular formula is C13H7Br2NS. The molecule has 17 heavy (non-hydrogen) atoms. The predicted molar refractivity (Wildman–Crippen MR) is 80.5 cm³/mol.